The van der Waals surface area contributed by atoms with Crippen LogP contribution in [-0.2, 0) is 0 Å². The van der Waals surface area contributed by atoms with E-state index in [1.807, 2.05) is 6.92 Å². The standard InChI is InChI=1S/C11H11FN4/c1-7-10(11(13)14)6-15-16(7)9-4-2-8(12)3-5-9/h2-6H,1H3,(H3,13,14). The summed E-state index contributed by atoms with van der Waals surface area (Å²) in [6, 6.07) is 5.98. The van der Waals surface area contributed by atoms with Gasteiger partial charge in [-0.2, -0.15) is 5.10 Å². The topological polar surface area (TPSA) is 67.7 Å². The first-order valence-electron chi connectivity index (χ1n) is 4.74. The number of aromatic nitrogens is 2. The van der Waals surface area contributed by atoms with Crippen molar-refractivity contribution in [3.05, 3.63) is 47.5 Å². The highest BCUT2D eigenvalue weighted by atomic mass is 19.1. The van der Waals surface area contributed by atoms with Crippen molar-refractivity contribution >= 4 is 5.84 Å². The van der Waals surface area contributed by atoms with Crippen LogP contribution in [0.4, 0.5) is 4.39 Å². The predicted molar refractivity (Wildman–Crippen MR) is 59.3 cm³/mol. The molecule has 0 fully saturated rings. The number of nitrogen functional groups attached to an aromatic ring is 1. The largest absolute Gasteiger partial charge is 0.384 e. The molecule has 0 unspecified atom stereocenters. The quantitative estimate of drug-likeness (QED) is 0.594. The minimum Gasteiger partial charge on any atom is -0.384 e. The highest BCUT2D eigenvalue weighted by Gasteiger charge is 2.09. The predicted octanol–water partition coefficient (Wildman–Crippen LogP) is 1.60. The van der Waals surface area contributed by atoms with Gasteiger partial charge in [0.2, 0.25) is 0 Å². The molecule has 0 aliphatic carbocycles. The number of amidine groups is 1. The van der Waals surface area contributed by atoms with E-state index in [2.05, 4.69) is 5.10 Å². The summed E-state index contributed by atoms with van der Waals surface area (Å²) in [5.74, 6) is -0.314. The molecule has 0 saturated heterocycles. The molecule has 0 radical (unpaired) electrons. The molecule has 3 N–H and O–H groups in total. The first kappa shape index (κ1) is 10.4. The molecule has 1 aromatic heterocycles. The van der Waals surface area contributed by atoms with Gasteiger partial charge in [0.25, 0.3) is 0 Å². The molecular weight excluding hydrogens is 207 g/mol. The Bertz CT molecular complexity index is 527. The van der Waals surface area contributed by atoms with Crippen LogP contribution >= 0.6 is 0 Å². The molecule has 16 heavy (non-hydrogen) atoms. The summed E-state index contributed by atoms with van der Waals surface area (Å²) >= 11 is 0. The molecule has 2 rings (SSSR count). The lowest BCUT2D eigenvalue weighted by Gasteiger charge is -2.04. The van der Waals surface area contributed by atoms with Gasteiger partial charge < -0.3 is 5.73 Å². The molecule has 0 bridgehead atoms. The third kappa shape index (κ3) is 1.67. The fourth-order valence-electron chi connectivity index (χ4n) is 1.52. The third-order valence-electron chi connectivity index (χ3n) is 2.37. The molecule has 0 saturated carbocycles. The van der Waals surface area contributed by atoms with Crippen molar-refractivity contribution in [2.75, 3.05) is 0 Å². The van der Waals surface area contributed by atoms with Crippen LogP contribution in [0.25, 0.3) is 5.69 Å². The summed E-state index contributed by atoms with van der Waals surface area (Å²) in [6.07, 6.45) is 1.53. The van der Waals surface area contributed by atoms with Gasteiger partial charge in [-0.25, -0.2) is 9.07 Å². The van der Waals surface area contributed by atoms with Crippen molar-refractivity contribution in [2.24, 2.45) is 5.73 Å². The van der Waals surface area contributed by atoms with Crippen LogP contribution < -0.4 is 5.73 Å². The normalized spacial score (nSPS) is 10.4. The van der Waals surface area contributed by atoms with E-state index in [1.54, 1.807) is 16.8 Å². The number of halogens is 1. The van der Waals surface area contributed by atoms with E-state index in [0.29, 0.717) is 5.56 Å². The van der Waals surface area contributed by atoms with Crippen molar-refractivity contribution in [3.8, 4) is 5.69 Å². The third-order valence-corrected chi connectivity index (χ3v) is 2.37. The SMILES string of the molecule is Cc1c(C(=N)N)cnn1-c1ccc(F)cc1. The highest BCUT2D eigenvalue weighted by Crippen LogP contribution is 2.14. The maximum absolute atomic E-state index is 12.8. The molecule has 0 aliphatic rings. The van der Waals surface area contributed by atoms with Crippen LogP contribution in [0, 0.1) is 18.2 Å². The number of nitrogens with two attached hydrogens (primary N) is 1. The van der Waals surface area contributed by atoms with Gasteiger partial charge in [-0.3, -0.25) is 5.41 Å². The molecule has 5 heteroatoms. The zero-order valence-corrected chi connectivity index (χ0v) is 8.74. The van der Waals surface area contributed by atoms with Crippen LogP contribution in [-0.4, -0.2) is 15.6 Å². The Hall–Kier alpha value is -2.17. The molecule has 0 spiro atoms. The van der Waals surface area contributed by atoms with Crippen LogP contribution in [0.5, 0.6) is 0 Å². The smallest absolute Gasteiger partial charge is 0.126 e. The number of rotatable bonds is 2. The Kier molecular flexibility index (Phi) is 2.44. The van der Waals surface area contributed by atoms with Gasteiger partial charge in [0, 0.05) is 0 Å². The molecule has 0 aliphatic heterocycles. The van der Waals surface area contributed by atoms with Gasteiger partial charge in [-0.15, -0.1) is 0 Å². The average molecular weight is 218 g/mol. The number of hydrogen-bond donors (Lipinski definition) is 2. The Balaban J connectivity index is 2.49. The van der Waals surface area contributed by atoms with Crippen molar-refractivity contribution in [1.82, 2.24) is 9.78 Å². The first-order valence-corrected chi connectivity index (χ1v) is 4.74. The van der Waals surface area contributed by atoms with Crippen LogP contribution in [0.3, 0.4) is 0 Å². The molecule has 1 heterocycles. The second-order valence-corrected chi connectivity index (χ2v) is 3.45. The zero-order chi connectivity index (χ0) is 11.7. The van der Waals surface area contributed by atoms with Crippen LogP contribution in [0.15, 0.2) is 30.5 Å². The number of nitrogens with one attached hydrogen (secondary N) is 1. The highest BCUT2D eigenvalue weighted by molar-refractivity contribution is 5.95. The van der Waals surface area contributed by atoms with E-state index in [1.165, 1.54) is 18.3 Å². The van der Waals surface area contributed by atoms with Gasteiger partial charge in [0.1, 0.15) is 11.7 Å². The first-order chi connectivity index (χ1) is 7.59. The van der Waals surface area contributed by atoms with E-state index in [4.69, 9.17) is 11.1 Å². The van der Waals surface area contributed by atoms with E-state index in [-0.39, 0.29) is 11.7 Å². The van der Waals surface area contributed by atoms with Crippen molar-refractivity contribution < 1.29 is 4.39 Å². The number of benzene rings is 1. The molecule has 2 aromatic rings. The van der Waals surface area contributed by atoms with Crippen LogP contribution in [0.2, 0.25) is 0 Å². The minimum absolute atomic E-state index is 0.0224. The Morgan fingerprint density at radius 3 is 2.50 bits per heavy atom. The molecule has 4 nitrogen and oxygen atoms in total. The summed E-state index contributed by atoms with van der Waals surface area (Å²) < 4.78 is 14.4. The summed E-state index contributed by atoms with van der Waals surface area (Å²) in [5.41, 5.74) is 7.49. The zero-order valence-electron chi connectivity index (χ0n) is 8.74. The molecule has 82 valence electrons. The molecule has 0 amide bonds. The van der Waals surface area contributed by atoms with Crippen molar-refractivity contribution in [2.45, 2.75) is 6.92 Å². The number of nitrogens with zero attached hydrogens (tertiary/aromatic N) is 2. The fourth-order valence-corrected chi connectivity index (χ4v) is 1.52. The molecule has 1 aromatic carbocycles. The number of hydrogen-bond acceptors (Lipinski definition) is 2. The lowest BCUT2D eigenvalue weighted by molar-refractivity contribution is 0.627. The van der Waals surface area contributed by atoms with Gasteiger partial charge in [0.15, 0.2) is 0 Å². The Morgan fingerprint density at radius 2 is 2.00 bits per heavy atom. The monoisotopic (exact) mass is 218 g/mol. The second-order valence-electron chi connectivity index (χ2n) is 3.45. The van der Waals surface area contributed by atoms with E-state index in [0.717, 1.165) is 11.4 Å². The fraction of sp³-hybridized carbons (Fsp3) is 0.0909. The summed E-state index contributed by atoms with van der Waals surface area (Å²) in [7, 11) is 0. The maximum atomic E-state index is 12.8. The molecule has 0 atom stereocenters. The van der Waals surface area contributed by atoms with E-state index >= 15 is 0 Å². The summed E-state index contributed by atoms with van der Waals surface area (Å²) in [5, 5.41) is 11.5. The van der Waals surface area contributed by atoms with E-state index < -0.39 is 0 Å². The van der Waals surface area contributed by atoms with Gasteiger partial charge in [-0.05, 0) is 31.2 Å². The van der Waals surface area contributed by atoms with Gasteiger partial charge in [0.05, 0.1) is 23.1 Å². The Morgan fingerprint density at radius 1 is 1.38 bits per heavy atom. The van der Waals surface area contributed by atoms with Crippen molar-refractivity contribution in [3.63, 3.8) is 0 Å². The lowest BCUT2D eigenvalue weighted by Crippen LogP contribution is -2.12. The summed E-state index contributed by atoms with van der Waals surface area (Å²) in [6.45, 7) is 1.81. The van der Waals surface area contributed by atoms with Crippen LogP contribution in [0.1, 0.15) is 11.3 Å². The minimum atomic E-state index is -0.291. The average Bonchev–Trinajstić information content (AvgIpc) is 2.61. The second kappa shape index (κ2) is 3.77. The molecular formula is C11H11FN4. The lowest BCUT2D eigenvalue weighted by atomic mass is 10.2. The summed E-state index contributed by atoms with van der Waals surface area (Å²) in [4.78, 5) is 0. The van der Waals surface area contributed by atoms with E-state index in [9.17, 15) is 4.39 Å². The Labute approximate surface area is 92.0 Å². The maximum Gasteiger partial charge on any atom is 0.126 e. The van der Waals surface area contributed by atoms with Gasteiger partial charge in [-0.1, -0.05) is 0 Å². The van der Waals surface area contributed by atoms with Crippen molar-refractivity contribution in [1.29, 1.82) is 5.41 Å². The van der Waals surface area contributed by atoms with Gasteiger partial charge >= 0.3 is 0 Å².